The van der Waals surface area contributed by atoms with Crippen LogP contribution in [-0.2, 0) is 5.41 Å². The zero-order valence-corrected chi connectivity index (χ0v) is 8.82. The van der Waals surface area contributed by atoms with E-state index in [4.69, 9.17) is 0 Å². The van der Waals surface area contributed by atoms with Gasteiger partial charge in [-0.2, -0.15) is 0 Å². The Balaban J connectivity index is 3.10. The molecular formula is C12H17F. The van der Waals surface area contributed by atoms with Gasteiger partial charge in [0.05, 0.1) is 0 Å². The third-order valence-electron chi connectivity index (χ3n) is 2.84. The molecule has 0 heterocycles. The Morgan fingerprint density at radius 3 is 2.38 bits per heavy atom. The molecule has 0 spiro atoms. The number of aryl methyl sites for hydroxylation is 1. The molecule has 72 valence electrons. The van der Waals surface area contributed by atoms with Gasteiger partial charge < -0.3 is 0 Å². The van der Waals surface area contributed by atoms with Crippen LogP contribution in [0, 0.1) is 12.7 Å². The molecule has 0 aliphatic rings. The lowest BCUT2D eigenvalue weighted by Gasteiger charge is -2.23. The third-order valence-corrected chi connectivity index (χ3v) is 2.84. The second-order valence-electron chi connectivity index (χ2n) is 4.20. The lowest BCUT2D eigenvalue weighted by molar-refractivity contribution is 0.500. The van der Waals surface area contributed by atoms with E-state index in [1.165, 1.54) is 0 Å². The normalized spacial score (nSPS) is 11.8. The first kappa shape index (κ1) is 10.2. The average Bonchev–Trinajstić information content (AvgIpc) is 2.09. The zero-order chi connectivity index (χ0) is 10.1. The number of hydrogen-bond donors (Lipinski definition) is 0. The molecule has 0 fully saturated rings. The molecule has 0 nitrogen and oxygen atoms in total. The van der Waals surface area contributed by atoms with Crippen molar-refractivity contribution >= 4 is 0 Å². The lowest BCUT2D eigenvalue weighted by Crippen LogP contribution is -2.15. The quantitative estimate of drug-likeness (QED) is 0.649. The standard InChI is InChI=1S/C12H17F/c1-5-12(3,4)10-7-6-9(2)11(13)8-10/h6-8H,5H2,1-4H3. The zero-order valence-electron chi connectivity index (χ0n) is 8.82. The molecule has 0 aliphatic heterocycles. The van der Waals surface area contributed by atoms with Gasteiger partial charge in [-0.25, -0.2) is 4.39 Å². The van der Waals surface area contributed by atoms with Gasteiger partial charge in [-0.15, -0.1) is 0 Å². The van der Waals surface area contributed by atoms with Crippen molar-refractivity contribution < 1.29 is 4.39 Å². The van der Waals surface area contributed by atoms with Crippen molar-refractivity contribution in [3.05, 3.63) is 35.1 Å². The minimum absolute atomic E-state index is 0.0779. The van der Waals surface area contributed by atoms with Crippen molar-refractivity contribution in [1.82, 2.24) is 0 Å². The van der Waals surface area contributed by atoms with Crippen LogP contribution in [0.3, 0.4) is 0 Å². The molecule has 1 rings (SSSR count). The van der Waals surface area contributed by atoms with E-state index in [1.54, 1.807) is 13.0 Å². The van der Waals surface area contributed by atoms with Gasteiger partial charge in [-0.3, -0.25) is 0 Å². The maximum Gasteiger partial charge on any atom is 0.126 e. The summed E-state index contributed by atoms with van der Waals surface area (Å²) < 4.78 is 13.2. The minimum atomic E-state index is -0.0981. The van der Waals surface area contributed by atoms with E-state index in [0.717, 1.165) is 17.5 Å². The maximum atomic E-state index is 13.2. The second-order valence-corrected chi connectivity index (χ2v) is 4.20. The number of benzene rings is 1. The molecule has 1 aromatic rings. The van der Waals surface area contributed by atoms with Crippen LogP contribution in [0.2, 0.25) is 0 Å². The SMILES string of the molecule is CCC(C)(C)c1ccc(C)c(F)c1. The van der Waals surface area contributed by atoms with Gasteiger partial charge in [0.1, 0.15) is 5.82 Å². The summed E-state index contributed by atoms with van der Waals surface area (Å²) in [6.45, 7) is 8.18. The van der Waals surface area contributed by atoms with Crippen molar-refractivity contribution in [1.29, 1.82) is 0 Å². The predicted octanol–water partition coefficient (Wildman–Crippen LogP) is 3.82. The van der Waals surface area contributed by atoms with Crippen LogP contribution < -0.4 is 0 Å². The summed E-state index contributed by atoms with van der Waals surface area (Å²) in [5.41, 5.74) is 1.88. The van der Waals surface area contributed by atoms with Gasteiger partial charge in [0, 0.05) is 0 Å². The van der Waals surface area contributed by atoms with E-state index in [9.17, 15) is 4.39 Å². The lowest BCUT2D eigenvalue weighted by atomic mass is 9.82. The number of halogens is 1. The fraction of sp³-hybridized carbons (Fsp3) is 0.500. The van der Waals surface area contributed by atoms with Crippen LogP contribution in [-0.4, -0.2) is 0 Å². The van der Waals surface area contributed by atoms with E-state index in [0.29, 0.717) is 0 Å². The summed E-state index contributed by atoms with van der Waals surface area (Å²) in [6, 6.07) is 5.52. The molecular weight excluding hydrogens is 163 g/mol. The van der Waals surface area contributed by atoms with Gasteiger partial charge in [0.15, 0.2) is 0 Å². The van der Waals surface area contributed by atoms with Gasteiger partial charge in [0.2, 0.25) is 0 Å². The van der Waals surface area contributed by atoms with E-state index >= 15 is 0 Å². The van der Waals surface area contributed by atoms with Crippen LogP contribution >= 0.6 is 0 Å². The summed E-state index contributed by atoms with van der Waals surface area (Å²) in [7, 11) is 0. The first-order chi connectivity index (χ1) is 5.97. The Labute approximate surface area is 79.8 Å². The Hall–Kier alpha value is -0.850. The van der Waals surface area contributed by atoms with Crippen molar-refractivity contribution in [2.75, 3.05) is 0 Å². The molecule has 0 bridgehead atoms. The van der Waals surface area contributed by atoms with E-state index in [2.05, 4.69) is 20.8 Å². The molecule has 0 aromatic heterocycles. The second kappa shape index (κ2) is 3.49. The van der Waals surface area contributed by atoms with E-state index in [-0.39, 0.29) is 11.2 Å². The number of hydrogen-bond acceptors (Lipinski definition) is 0. The van der Waals surface area contributed by atoms with Crippen molar-refractivity contribution in [2.45, 2.75) is 39.5 Å². The van der Waals surface area contributed by atoms with Gasteiger partial charge >= 0.3 is 0 Å². The predicted molar refractivity (Wildman–Crippen MR) is 54.5 cm³/mol. The van der Waals surface area contributed by atoms with Gasteiger partial charge in [0.25, 0.3) is 0 Å². The summed E-state index contributed by atoms with van der Waals surface area (Å²) in [4.78, 5) is 0. The number of rotatable bonds is 2. The van der Waals surface area contributed by atoms with E-state index in [1.807, 2.05) is 12.1 Å². The summed E-state index contributed by atoms with van der Waals surface area (Å²) >= 11 is 0. The highest BCUT2D eigenvalue weighted by Crippen LogP contribution is 2.27. The highest BCUT2D eigenvalue weighted by molar-refractivity contribution is 5.28. The summed E-state index contributed by atoms with van der Waals surface area (Å²) in [6.07, 6.45) is 1.02. The van der Waals surface area contributed by atoms with Crippen LogP contribution in [0.1, 0.15) is 38.3 Å². The molecule has 1 aromatic carbocycles. The topological polar surface area (TPSA) is 0 Å². The Bertz CT molecular complexity index is 300. The van der Waals surface area contributed by atoms with Crippen molar-refractivity contribution in [2.24, 2.45) is 0 Å². The van der Waals surface area contributed by atoms with E-state index < -0.39 is 0 Å². The first-order valence-corrected chi connectivity index (χ1v) is 4.74. The minimum Gasteiger partial charge on any atom is -0.207 e. The molecule has 0 amide bonds. The molecule has 1 heteroatoms. The van der Waals surface area contributed by atoms with Gasteiger partial charge in [-0.05, 0) is 36.0 Å². The Morgan fingerprint density at radius 2 is 1.92 bits per heavy atom. The largest absolute Gasteiger partial charge is 0.207 e. The molecule has 13 heavy (non-hydrogen) atoms. The van der Waals surface area contributed by atoms with Crippen LogP contribution in [0.4, 0.5) is 4.39 Å². The third kappa shape index (κ3) is 2.09. The molecule has 0 saturated heterocycles. The molecule has 0 N–H and O–H groups in total. The maximum absolute atomic E-state index is 13.2. The average molecular weight is 180 g/mol. The van der Waals surface area contributed by atoms with Crippen LogP contribution in [0.5, 0.6) is 0 Å². The van der Waals surface area contributed by atoms with Gasteiger partial charge in [-0.1, -0.05) is 32.9 Å². The fourth-order valence-electron chi connectivity index (χ4n) is 1.22. The molecule has 0 radical (unpaired) electrons. The van der Waals surface area contributed by atoms with Crippen LogP contribution in [0.15, 0.2) is 18.2 Å². The van der Waals surface area contributed by atoms with Crippen molar-refractivity contribution in [3.8, 4) is 0 Å². The summed E-state index contributed by atoms with van der Waals surface area (Å²) in [5.74, 6) is -0.0981. The smallest absolute Gasteiger partial charge is 0.126 e. The molecule has 0 aliphatic carbocycles. The van der Waals surface area contributed by atoms with Crippen molar-refractivity contribution in [3.63, 3.8) is 0 Å². The van der Waals surface area contributed by atoms with Crippen LogP contribution in [0.25, 0.3) is 0 Å². The molecule has 0 atom stereocenters. The first-order valence-electron chi connectivity index (χ1n) is 4.74. The molecule has 0 saturated carbocycles. The fourth-order valence-corrected chi connectivity index (χ4v) is 1.22. The molecule has 0 unspecified atom stereocenters. The monoisotopic (exact) mass is 180 g/mol. The Morgan fingerprint density at radius 1 is 1.31 bits per heavy atom. The summed E-state index contributed by atoms with van der Waals surface area (Å²) in [5, 5.41) is 0. The Kier molecular flexibility index (Phi) is 2.74. The highest BCUT2D eigenvalue weighted by atomic mass is 19.1. The highest BCUT2D eigenvalue weighted by Gasteiger charge is 2.18.